The summed E-state index contributed by atoms with van der Waals surface area (Å²) in [5.74, 6) is 0.492. The van der Waals surface area contributed by atoms with E-state index in [0.717, 1.165) is 5.56 Å². The van der Waals surface area contributed by atoms with Crippen molar-refractivity contribution in [2.75, 3.05) is 33.9 Å². The SMILES string of the molecule is COc1ccc(C(=O)N2C(C(=O)NCc3cccnc3)COC23CCN(C(=O)c2cccc(OC)c2)CC3)cc1. The van der Waals surface area contributed by atoms with E-state index >= 15 is 0 Å². The summed E-state index contributed by atoms with van der Waals surface area (Å²) in [5, 5.41) is 2.93. The molecule has 10 heteroatoms. The number of nitrogens with zero attached hydrogens (tertiary/aromatic N) is 3. The van der Waals surface area contributed by atoms with E-state index in [1.165, 1.54) is 0 Å². The number of piperidine rings is 1. The second kappa shape index (κ2) is 11.7. The Morgan fingerprint density at radius 3 is 2.38 bits per heavy atom. The number of benzene rings is 2. The smallest absolute Gasteiger partial charge is 0.256 e. The molecule has 0 saturated carbocycles. The Morgan fingerprint density at radius 2 is 1.70 bits per heavy atom. The lowest BCUT2D eigenvalue weighted by atomic mass is 9.96. The van der Waals surface area contributed by atoms with Gasteiger partial charge in [0.1, 0.15) is 23.3 Å². The lowest BCUT2D eigenvalue weighted by Crippen LogP contribution is -2.59. The van der Waals surface area contributed by atoms with Crippen molar-refractivity contribution in [2.45, 2.75) is 31.2 Å². The summed E-state index contributed by atoms with van der Waals surface area (Å²) in [4.78, 5) is 48.0. The molecule has 3 amide bonds. The first-order chi connectivity index (χ1) is 19.4. The molecule has 0 radical (unpaired) electrons. The van der Waals surface area contributed by atoms with Crippen LogP contribution in [0.2, 0.25) is 0 Å². The normalized spacial score (nSPS) is 17.9. The van der Waals surface area contributed by atoms with E-state index in [9.17, 15) is 14.4 Å². The summed E-state index contributed by atoms with van der Waals surface area (Å²) >= 11 is 0. The fraction of sp³-hybridized carbons (Fsp3) is 0.333. The van der Waals surface area contributed by atoms with Gasteiger partial charge >= 0.3 is 0 Å². The van der Waals surface area contributed by atoms with Gasteiger partial charge < -0.3 is 24.4 Å². The van der Waals surface area contributed by atoms with E-state index in [0.29, 0.717) is 48.6 Å². The molecule has 2 aliphatic heterocycles. The second-order valence-electron chi connectivity index (χ2n) is 9.78. The number of likely N-dealkylation sites (tertiary alicyclic amines) is 1. The van der Waals surface area contributed by atoms with Gasteiger partial charge in [-0.25, -0.2) is 0 Å². The van der Waals surface area contributed by atoms with Crippen LogP contribution in [0.15, 0.2) is 73.1 Å². The van der Waals surface area contributed by atoms with Gasteiger partial charge in [-0.05, 0) is 54.1 Å². The maximum atomic E-state index is 13.9. The number of hydrogen-bond acceptors (Lipinski definition) is 7. The second-order valence-corrected chi connectivity index (χ2v) is 9.78. The molecule has 2 aliphatic rings. The first kappa shape index (κ1) is 27.1. The molecule has 1 N–H and O–H groups in total. The summed E-state index contributed by atoms with van der Waals surface area (Å²) in [6, 6.07) is 16.7. The molecule has 1 spiro atoms. The molecule has 1 unspecified atom stereocenters. The number of aromatic nitrogens is 1. The number of carbonyl (C=O) groups excluding carboxylic acids is 3. The molecule has 208 valence electrons. The average molecular weight is 545 g/mol. The first-order valence-corrected chi connectivity index (χ1v) is 13.2. The number of pyridine rings is 1. The number of ether oxygens (including phenoxy) is 3. The van der Waals surface area contributed by atoms with Crippen molar-refractivity contribution in [3.05, 3.63) is 89.7 Å². The highest BCUT2D eigenvalue weighted by molar-refractivity contribution is 5.99. The van der Waals surface area contributed by atoms with Crippen LogP contribution in [0.25, 0.3) is 0 Å². The minimum atomic E-state index is -1.02. The number of nitrogens with one attached hydrogen (secondary N) is 1. The number of amides is 3. The highest BCUT2D eigenvalue weighted by Gasteiger charge is 2.54. The van der Waals surface area contributed by atoms with Crippen molar-refractivity contribution in [2.24, 2.45) is 0 Å². The molecule has 2 saturated heterocycles. The molecule has 1 aromatic heterocycles. The van der Waals surface area contributed by atoms with Crippen LogP contribution in [-0.2, 0) is 16.1 Å². The third-order valence-electron chi connectivity index (χ3n) is 7.46. The molecule has 0 aliphatic carbocycles. The Bertz CT molecular complexity index is 1360. The Morgan fingerprint density at radius 1 is 0.950 bits per heavy atom. The highest BCUT2D eigenvalue weighted by atomic mass is 16.5. The van der Waals surface area contributed by atoms with Gasteiger partial charge in [0, 0.05) is 56.0 Å². The van der Waals surface area contributed by atoms with Crippen LogP contribution in [0.1, 0.15) is 39.1 Å². The molecule has 0 bridgehead atoms. The molecular weight excluding hydrogens is 512 g/mol. The van der Waals surface area contributed by atoms with Gasteiger partial charge in [-0.15, -0.1) is 0 Å². The average Bonchev–Trinajstić information content (AvgIpc) is 3.38. The monoisotopic (exact) mass is 544 g/mol. The maximum Gasteiger partial charge on any atom is 0.256 e. The number of carbonyl (C=O) groups is 3. The summed E-state index contributed by atoms with van der Waals surface area (Å²) in [6.07, 6.45) is 4.09. The molecule has 5 rings (SSSR count). The van der Waals surface area contributed by atoms with Crippen molar-refractivity contribution in [3.8, 4) is 11.5 Å². The van der Waals surface area contributed by atoms with Gasteiger partial charge in [-0.3, -0.25) is 24.3 Å². The minimum Gasteiger partial charge on any atom is -0.497 e. The molecule has 3 heterocycles. The van der Waals surface area contributed by atoms with Crippen LogP contribution in [-0.4, -0.2) is 78.2 Å². The molecule has 2 aromatic carbocycles. The van der Waals surface area contributed by atoms with Crippen LogP contribution >= 0.6 is 0 Å². The Kier molecular flexibility index (Phi) is 7.97. The van der Waals surface area contributed by atoms with E-state index in [1.807, 2.05) is 6.07 Å². The molecule has 3 aromatic rings. The van der Waals surface area contributed by atoms with Gasteiger partial charge in [0.2, 0.25) is 5.91 Å². The molecule has 2 fully saturated rings. The van der Waals surface area contributed by atoms with Gasteiger partial charge in [0.25, 0.3) is 11.8 Å². The summed E-state index contributed by atoms with van der Waals surface area (Å²) < 4.78 is 16.8. The molecular formula is C30H32N4O6. The predicted octanol–water partition coefficient (Wildman–Crippen LogP) is 2.89. The number of methoxy groups -OCH3 is 2. The van der Waals surface area contributed by atoms with Crippen LogP contribution in [0, 0.1) is 0 Å². The zero-order valence-corrected chi connectivity index (χ0v) is 22.5. The quantitative estimate of drug-likeness (QED) is 0.487. The zero-order valence-electron chi connectivity index (χ0n) is 22.5. The number of rotatable bonds is 7. The van der Waals surface area contributed by atoms with Crippen LogP contribution < -0.4 is 14.8 Å². The van der Waals surface area contributed by atoms with Gasteiger partial charge in [0.05, 0.1) is 20.8 Å². The first-order valence-electron chi connectivity index (χ1n) is 13.2. The fourth-order valence-corrected chi connectivity index (χ4v) is 5.25. The maximum absolute atomic E-state index is 13.9. The third-order valence-corrected chi connectivity index (χ3v) is 7.46. The van der Waals surface area contributed by atoms with E-state index in [2.05, 4.69) is 10.3 Å². The summed E-state index contributed by atoms with van der Waals surface area (Å²) in [6.45, 7) is 1.08. The number of hydrogen-bond donors (Lipinski definition) is 1. The van der Waals surface area contributed by atoms with E-state index in [4.69, 9.17) is 14.2 Å². The highest BCUT2D eigenvalue weighted by Crippen LogP contribution is 2.39. The van der Waals surface area contributed by atoms with Crippen molar-refractivity contribution in [3.63, 3.8) is 0 Å². The van der Waals surface area contributed by atoms with Gasteiger partial charge in [-0.1, -0.05) is 12.1 Å². The van der Waals surface area contributed by atoms with Crippen LogP contribution in [0.5, 0.6) is 11.5 Å². The third kappa shape index (κ3) is 5.48. The lowest BCUT2D eigenvalue weighted by molar-refractivity contribution is -0.128. The van der Waals surface area contributed by atoms with E-state index < -0.39 is 11.8 Å². The fourth-order valence-electron chi connectivity index (χ4n) is 5.25. The molecule has 1 atom stereocenters. The van der Waals surface area contributed by atoms with Crippen molar-refractivity contribution >= 4 is 17.7 Å². The Labute approximate surface area is 232 Å². The lowest BCUT2D eigenvalue weighted by Gasteiger charge is -2.44. The van der Waals surface area contributed by atoms with Crippen LogP contribution in [0.3, 0.4) is 0 Å². The Hall–Kier alpha value is -4.44. The largest absolute Gasteiger partial charge is 0.497 e. The minimum absolute atomic E-state index is 0.0601. The molecule has 40 heavy (non-hydrogen) atoms. The van der Waals surface area contributed by atoms with Crippen LogP contribution in [0.4, 0.5) is 0 Å². The zero-order chi connectivity index (χ0) is 28.1. The summed E-state index contributed by atoms with van der Waals surface area (Å²) in [5.41, 5.74) is 0.785. The summed E-state index contributed by atoms with van der Waals surface area (Å²) in [7, 11) is 3.12. The van der Waals surface area contributed by atoms with Gasteiger partial charge in [-0.2, -0.15) is 0 Å². The van der Waals surface area contributed by atoms with Crippen molar-refractivity contribution in [1.29, 1.82) is 0 Å². The van der Waals surface area contributed by atoms with Crippen molar-refractivity contribution in [1.82, 2.24) is 20.1 Å². The Balaban J connectivity index is 1.36. The topological polar surface area (TPSA) is 110 Å². The molecule has 10 nitrogen and oxygen atoms in total. The van der Waals surface area contributed by atoms with E-state index in [-0.39, 0.29) is 30.9 Å². The van der Waals surface area contributed by atoms with E-state index in [1.54, 1.807) is 91.0 Å². The van der Waals surface area contributed by atoms with Gasteiger partial charge in [0.15, 0.2) is 0 Å². The predicted molar refractivity (Wildman–Crippen MR) is 146 cm³/mol. The standard InChI is InChI=1S/C30H32N4O6/c1-38-24-10-8-22(9-11-24)29(37)34-26(27(35)32-19-21-5-4-14-31-18-21)20-40-30(34)12-15-33(16-13-30)28(36)23-6-3-7-25(17-23)39-2/h3-11,14,17-18,26H,12-13,15-16,19-20H2,1-2H3,(H,32,35). The van der Waals surface area contributed by atoms with Crippen molar-refractivity contribution < 1.29 is 28.6 Å².